The molecule has 0 aliphatic carbocycles. The van der Waals surface area contributed by atoms with E-state index in [1.54, 1.807) is 0 Å². The van der Waals surface area contributed by atoms with Gasteiger partial charge in [-0.2, -0.15) is 9.80 Å². The van der Waals surface area contributed by atoms with E-state index in [2.05, 4.69) is 79.0 Å². The van der Waals surface area contributed by atoms with Crippen molar-refractivity contribution < 1.29 is 8.97 Å². The Hall–Kier alpha value is -0.160. The minimum absolute atomic E-state index is 0.0784. The van der Waals surface area contributed by atoms with Crippen LogP contribution in [0.5, 0.6) is 0 Å². The van der Waals surface area contributed by atoms with E-state index in [-0.39, 0.29) is 5.91 Å². The van der Waals surface area contributed by atoms with Gasteiger partial charge in [-0.1, -0.05) is 26.7 Å². The van der Waals surface area contributed by atoms with Gasteiger partial charge in [-0.25, -0.2) is 8.97 Å². The standard InChI is InChI=1S/C25H54N4/c1-11-17-23-20-28(13-3,14-4)25(27(23)22(9)10)26(21(7)8)19-24(18-12-2)29(25,15-5)16-6/h21-24H,11-20H2,1-10H3/q+2. The molecule has 0 saturated carbocycles. The zero-order chi connectivity index (χ0) is 22.0. The quantitative estimate of drug-likeness (QED) is 0.463. The molecule has 0 aromatic heterocycles. The summed E-state index contributed by atoms with van der Waals surface area (Å²) in [6.07, 6.45) is 5.27. The molecule has 2 heterocycles. The summed E-state index contributed by atoms with van der Waals surface area (Å²) < 4.78 is 2.51. The molecule has 0 aromatic rings. The molecule has 0 N–H and O–H groups in total. The second-order valence-electron chi connectivity index (χ2n) is 10.4. The van der Waals surface area contributed by atoms with Crippen molar-refractivity contribution in [1.82, 2.24) is 9.80 Å². The van der Waals surface area contributed by atoms with Gasteiger partial charge in [-0.05, 0) is 61.8 Å². The molecule has 0 bridgehead atoms. The van der Waals surface area contributed by atoms with Crippen LogP contribution in [0, 0.1) is 0 Å². The number of nitrogens with zero attached hydrogens (tertiary/aromatic N) is 4. The van der Waals surface area contributed by atoms with E-state index in [1.165, 1.54) is 73.9 Å². The molecule has 3 unspecified atom stereocenters. The van der Waals surface area contributed by atoms with Crippen LogP contribution >= 0.6 is 0 Å². The van der Waals surface area contributed by atoms with Gasteiger partial charge in [0.2, 0.25) is 0 Å². The zero-order valence-corrected chi connectivity index (χ0v) is 21.7. The minimum atomic E-state index is 0.0784. The van der Waals surface area contributed by atoms with Crippen LogP contribution in [-0.4, -0.2) is 88.1 Å². The number of quaternary nitrogens is 2. The maximum atomic E-state index is 3.05. The van der Waals surface area contributed by atoms with Gasteiger partial charge >= 0.3 is 5.91 Å². The molecule has 1 spiro atoms. The van der Waals surface area contributed by atoms with Crippen LogP contribution in [0.2, 0.25) is 0 Å². The second-order valence-corrected chi connectivity index (χ2v) is 10.4. The predicted molar refractivity (Wildman–Crippen MR) is 126 cm³/mol. The molecule has 4 heteroatoms. The molecule has 172 valence electrons. The van der Waals surface area contributed by atoms with Crippen LogP contribution in [0.25, 0.3) is 0 Å². The average molecular weight is 411 g/mol. The molecule has 0 radical (unpaired) electrons. The summed E-state index contributed by atoms with van der Waals surface area (Å²) >= 11 is 0. The van der Waals surface area contributed by atoms with Crippen molar-refractivity contribution in [2.75, 3.05) is 39.3 Å². The first-order valence-corrected chi connectivity index (χ1v) is 13.0. The third-order valence-corrected chi connectivity index (χ3v) is 8.79. The number of likely N-dealkylation sites (N-methyl/N-ethyl adjacent to an activating group) is 2. The van der Waals surface area contributed by atoms with E-state index in [1.807, 2.05) is 0 Å². The summed E-state index contributed by atoms with van der Waals surface area (Å²) in [5.41, 5.74) is 0. The Kier molecular flexibility index (Phi) is 8.26. The van der Waals surface area contributed by atoms with Crippen molar-refractivity contribution in [3.05, 3.63) is 0 Å². The highest BCUT2D eigenvalue weighted by molar-refractivity contribution is 4.97. The van der Waals surface area contributed by atoms with Crippen LogP contribution in [0.3, 0.4) is 0 Å². The van der Waals surface area contributed by atoms with Gasteiger partial charge in [-0.15, -0.1) is 0 Å². The van der Waals surface area contributed by atoms with Crippen molar-refractivity contribution in [3.63, 3.8) is 0 Å². The highest BCUT2D eigenvalue weighted by Crippen LogP contribution is 2.55. The third kappa shape index (κ3) is 3.32. The van der Waals surface area contributed by atoms with Crippen molar-refractivity contribution in [2.45, 2.75) is 125 Å². The van der Waals surface area contributed by atoms with Gasteiger partial charge in [0.15, 0.2) is 0 Å². The first kappa shape index (κ1) is 25.1. The first-order chi connectivity index (χ1) is 13.7. The summed E-state index contributed by atoms with van der Waals surface area (Å²) in [6.45, 7) is 32.1. The third-order valence-electron chi connectivity index (χ3n) is 8.79. The Balaban J connectivity index is 2.90. The Bertz CT molecular complexity index is 509. The molecule has 0 amide bonds. The fourth-order valence-corrected chi connectivity index (χ4v) is 7.81. The van der Waals surface area contributed by atoms with E-state index < -0.39 is 0 Å². The lowest BCUT2D eigenvalue weighted by Gasteiger charge is -2.60. The molecule has 3 atom stereocenters. The molecule has 0 aromatic carbocycles. The van der Waals surface area contributed by atoms with E-state index in [9.17, 15) is 0 Å². The van der Waals surface area contributed by atoms with E-state index in [0.29, 0.717) is 18.1 Å². The lowest BCUT2D eigenvalue weighted by atomic mass is 10.1. The molecule has 2 aliphatic heterocycles. The maximum Gasteiger partial charge on any atom is 0.357 e. The Labute approximate surface area is 183 Å². The Morgan fingerprint density at radius 2 is 1.34 bits per heavy atom. The summed E-state index contributed by atoms with van der Waals surface area (Å²) in [5.74, 6) is 0.0784. The Morgan fingerprint density at radius 3 is 1.72 bits per heavy atom. The molecular weight excluding hydrogens is 356 g/mol. The van der Waals surface area contributed by atoms with Gasteiger partial charge in [0.25, 0.3) is 0 Å². The molecule has 4 nitrogen and oxygen atoms in total. The SMILES string of the molecule is CCCC1C[N+](CC)(CC)C2(N(C(C)C)CC(CCC)[N+]2(CC)CC)N1C(C)C. The highest BCUT2D eigenvalue weighted by atomic mass is 15.9. The molecule has 2 fully saturated rings. The monoisotopic (exact) mass is 410 g/mol. The van der Waals surface area contributed by atoms with Crippen LogP contribution in [0.4, 0.5) is 0 Å². The summed E-state index contributed by atoms with van der Waals surface area (Å²) in [5, 5.41) is 0. The minimum Gasteiger partial charge on any atom is -0.242 e. The average Bonchev–Trinajstić information content (AvgIpc) is 3.14. The van der Waals surface area contributed by atoms with Crippen molar-refractivity contribution in [1.29, 1.82) is 0 Å². The van der Waals surface area contributed by atoms with Gasteiger partial charge < -0.3 is 0 Å². The number of rotatable bonds is 10. The second kappa shape index (κ2) is 9.54. The van der Waals surface area contributed by atoms with E-state index in [4.69, 9.17) is 0 Å². The summed E-state index contributed by atoms with van der Waals surface area (Å²) in [7, 11) is 0. The van der Waals surface area contributed by atoms with Crippen molar-refractivity contribution in [3.8, 4) is 0 Å². The lowest BCUT2D eigenvalue weighted by molar-refractivity contribution is -1.18. The topological polar surface area (TPSA) is 6.48 Å². The van der Waals surface area contributed by atoms with Gasteiger partial charge in [0.05, 0.1) is 38.8 Å². The van der Waals surface area contributed by atoms with Gasteiger partial charge in [-0.3, -0.25) is 0 Å². The van der Waals surface area contributed by atoms with Crippen LogP contribution < -0.4 is 0 Å². The molecule has 2 saturated heterocycles. The van der Waals surface area contributed by atoms with Crippen LogP contribution in [-0.2, 0) is 0 Å². The van der Waals surface area contributed by atoms with Gasteiger partial charge in [0.1, 0.15) is 12.6 Å². The first-order valence-electron chi connectivity index (χ1n) is 13.0. The van der Waals surface area contributed by atoms with Crippen LogP contribution in [0.15, 0.2) is 0 Å². The molecule has 2 aliphatic rings. The van der Waals surface area contributed by atoms with E-state index in [0.717, 1.165) is 6.04 Å². The molecule has 29 heavy (non-hydrogen) atoms. The largest absolute Gasteiger partial charge is 0.357 e. The lowest BCUT2D eigenvalue weighted by Crippen LogP contribution is -2.85. The summed E-state index contributed by atoms with van der Waals surface area (Å²) in [6, 6.07) is 2.58. The number of hydrogen-bond acceptors (Lipinski definition) is 2. The Morgan fingerprint density at radius 1 is 0.793 bits per heavy atom. The normalized spacial score (nSPS) is 32.3. The van der Waals surface area contributed by atoms with E-state index >= 15 is 0 Å². The van der Waals surface area contributed by atoms with Gasteiger partial charge in [0, 0.05) is 18.5 Å². The smallest absolute Gasteiger partial charge is 0.242 e. The van der Waals surface area contributed by atoms with Crippen molar-refractivity contribution in [2.24, 2.45) is 0 Å². The zero-order valence-electron chi connectivity index (χ0n) is 21.7. The predicted octanol–water partition coefficient (Wildman–Crippen LogP) is 5.10. The fraction of sp³-hybridized carbons (Fsp3) is 1.00. The number of hydrogen-bond donors (Lipinski definition) is 0. The highest BCUT2D eigenvalue weighted by Gasteiger charge is 2.80. The summed E-state index contributed by atoms with van der Waals surface area (Å²) in [4.78, 5) is 6.04. The molecular formula is C25H54N4+2. The maximum absolute atomic E-state index is 3.05. The van der Waals surface area contributed by atoms with Crippen LogP contribution in [0.1, 0.15) is 94.9 Å². The van der Waals surface area contributed by atoms with Crippen molar-refractivity contribution >= 4 is 0 Å². The molecule has 2 rings (SSSR count). The fourth-order valence-electron chi connectivity index (χ4n) is 7.81.